The third-order valence-corrected chi connectivity index (χ3v) is 12.5. The van der Waals surface area contributed by atoms with Crippen LogP contribution in [0.1, 0.15) is 146 Å². The number of hydrogen-bond donors (Lipinski definition) is 3. The summed E-state index contributed by atoms with van der Waals surface area (Å²) in [5, 5.41) is 22.8. The monoisotopic (exact) mass is 635 g/mol. The van der Waals surface area contributed by atoms with Crippen LogP contribution in [0, 0.1) is 40.4 Å². The molecule has 0 aromatic rings. The van der Waals surface area contributed by atoms with Gasteiger partial charge in [-0.2, -0.15) is 0 Å². The van der Waals surface area contributed by atoms with Crippen molar-refractivity contribution in [2.45, 2.75) is 181 Å². The van der Waals surface area contributed by atoms with Gasteiger partial charge in [0.1, 0.15) is 17.7 Å². The van der Waals surface area contributed by atoms with Crippen LogP contribution in [0.25, 0.3) is 0 Å². The minimum absolute atomic E-state index is 0.0220. The van der Waals surface area contributed by atoms with E-state index in [0.29, 0.717) is 30.6 Å². The van der Waals surface area contributed by atoms with Crippen molar-refractivity contribution in [3.05, 3.63) is 0 Å². The van der Waals surface area contributed by atoms with Crippen LogP contribution in [0.4, 0.5) is 0 Å². The van der Waals surface area contributed by atoms with Crippen LogP contribution in [-0.4, -0.2) is 57.4 Å². The Morgan fingerprint density at radius 2 is 1.51 bits per heavy atom. The average Bonchev–Trinajstić information content (AvgIpc) is 3.27. The molecule has 45 heavy (non-hydrogen) atoms. The summed E-state index contributed by atoms with van der Waals surface area (Å²) >= 11 is 0. The molecule has 4 aliphatic carbocycles. The molecule has 0 saturated heterocycles. The molecule has 8 nitrogen and oxygen atoms in total. The molecule has 11 atom stereocenters. The SMILES string of the molecule is C[C@H](CCC(=O)OC(C)(C)C)C1CCC2C1(C)CCC1C2(O)CCC2C[C@@H](OC(=O)[C@@H](N)CCC(O)OC(C)(C)C)CC[C@@]21C. The Hall–Kier alpha value is -1.22. The standard InChI is InChI=1S/C37H65NO7/c1-23(10-14-30(39)44-33(2,3)4)26-11-13-28-36(26,9)20-18-29-35(8)19-17-25(22-24(35)16-21-37(28,29)42)43-32(41)27(38)12-15-31(40)45-34(5,6)7/h23-29,31,40,42H,10-22,38H2,1-9H3/t23-,24?,25+,26?,27+,28?,29?,31?,35+,36?,37?/m1/s1. The van der Waals surface area contributed by atoms with Crippen molar-refractivity contribution in [1.29, 1.82) is 0 Å². The number of carbonyl (C=O) groups excluding carboxylic acids is 2. The maximum atomic E-state index is 12.9. The van der Waals surface area contributed by atoms with Crippen LogP contribution < -0.4 is 5.73 Å². The predicted octanol–water partition coefficient (Wildman–Crippen LogP) is 6.67. The fourth-order valence-electron chi connectivity index (χ4n) is 10.5. The highest BCUT2D eigenvalue weighted by Crippen LogP contribution is 2.70. The molecule has 7 unspecified atom stereocenters. The van der Waals surface area contributed by atoms with E-state index in [4.69, 9.17) is 19.9 Å². The normalized spacial score (nSPS) is 38.7. The number of nitrogens with two attached hydrogens (primary N) is 1. The van der Waals surface area contributed by atoms with Gasteiger partial charge in [-0.1, -0.05) is 20.8 Å². The molecule has 0 radical (unpaired) electrons. The number of rotatable bonds is 10. The molecule has 8 heteroatoms. The third kappa shape index (κ3) is 8.09. The largest absolute Gasteiger partial charge is 0.461 e. The summed E-state index contributed by atoms with van der Waals surface area (Å²) in [5.74, 6) is 1.33. The van der Waals surface area contributed by atoms with Crippen LogP contribution in [0.5, 0.6) is 0 Å². The maximum Gasteiger partial charge on any atom is 0.323 e. The van der Waals surface area contributed by atoms with Crippen LogP contribution in [0.3, 0.4) is 0 Å². The molecule has 4 aliphatic rings. The lowest BCUT2D eigenvalue weighted by atomic mass is 9.42. The first-order valence-electron chi connectivity index (χ1n) is 17.9. The van der Waals surface area contributed by atoms with Crippen molar-refractivity contribution in [1.82, 2.24) is 0 Å². The van der Waals surface area contributed by atoms with E-state index in [1.54, 1.807) is 0 Å². The highest BCUT2D eigenvalue weighted by molar-refractivity contribution is 5.75. The molecule has 4 fully saturated rings. The Balaban J connectivity index is 1.33. The van der Waals surface area contributed by atoms with E-state index in [1.165, 1.54) is 0 Å². The summed E-state index contributed by atoms with van der Waals surface area (Å²) in [6.07, 6.45) is 9.38. The molecule has 0 spiro atoms. The number of aliphatic hydroxyl groups excluding tert-OH is 1. The highest BCUT2D eigenvalue weighted by Gasteiger charge is 2.67. The van der Waals surface area contributed by atoms with Gasteiger partial charge in [-0.05, 0) is 153 Å². The minimum Gasteiger partial charge on any atom is -0.461 e. The lowest BCUT2D eigenvalue weighted by Gasteiger charge is -2.65. The lowest BCUT2D eigenvalue weighted by molar-refractivity contribution is -0.229. The number of fused-ring (bicyclic) bond motifs is 5. The zero-order chi connectivity index (χ0) is 33.6. The van der Waals surface area contributed by atoms with Crippen LogP contribution in [0.15, 0.2) is 0 Å². The van der Waals surface area contributed by atoms with E-state index in [0.717, 1.165) is 64.2 Å². The Morgan fingerprint density at radius 1 is 0.867 bits per heavy atom. The quantitative estimate of drug-likeness (QED) is 0.179. The third-order valence-electron chi connectivity index (χ3n) is 12.5. The first-order chi connectivity index (χ1) is 20.7. The van der Waals surface area contributed by atoms with E-state index in [1.807, 2.05) is 41.5 Å². The number of ether oxygens (including phenoxy) is 3. The Morgan fingerprint density at radius 3 is 2.16 bits per heavy atom. The van der Waals surface area contributed by atoms with Gasteiger partial charge in [0.25, 0.3) is 0 Å². The predicted molar refractivity (Wildman–Crippen MR) is 175 cm³/mol. The summed E-state index contributed by atoms with van der Waals surface area (Å²) < 4.78 is 17.1. The topological polar surface area (TPSA) is 128 Å². The van der Waals surface area contributed by atoms with Crippen LogP contribution >= 0.6 is 0 Å². The van der Waals surface area contributed by atoms with Crippen molar-refractivity contribution in [3.8, 4) is 0 Å². The van der Waals surface area contributed by atoms with Crippen molar-refractivity contribution in [3.63, 3.8) is 0 Å². The van der Waals surface area contributed by atoms with Gasteiger partial charge in [0, 0.05) is 12.8 Å². The van der Waals surface area contributed by atoms with Gasteiger partial charge < -0.3 is 30.2 Å². The van der Waals surface area contributed by atoms with E-state index in [9.17, 15) is 19.8 Å². The van der Waals surface area contributed by atoms with Gasteiger partial charge in [0.05, 0.1) is 11.2 Å². The minimum atomic E-state index is -0.965. The Kier molecular flexibility index (Phi) is 10.9. The number of carbonyl (C=O) groups is 2. The summed E-state index contributed by atoms with van der Waals surface area (Å²) in [6, 6.07) is -0.786. The van der Waals surface area contributed by atoms with Crippen molar-refractivity contribution in [2.24, 2.45) is 46.2 Å². The number of aliphatic hydroxyl groups is 2. The Labute approximate surface area is 272 Å². The van der Waals surface area contributed by atoms with Gasteiger partial charge in [0.2, 0.25) is 0 Å². The van der Waals surface area contributed by atoms with Crippen molar-refractivity contribution < 1.29 is 34.0 Å². The average molecular weight is 636 g/mol. The lowest BCUT2D eigenvalue weighted by Crippen LogP contribution is -2.64. The van der Waals surface area contributed by atoms with Crippen molar-refractivity contribution in [2.75, 3.05) is 0 Å². The summed E-state index contributed by atoms with van der Waals surface area (Å²) in [7, 11) is 0. The van der Waals surface area contributed by atoms with Crippen LogP contribution in [-0.2, 0) is 23.8 Å². The van der Waals surface area contributed by atoms with Gasteiger partial charge >= 0.3 is 11.9 Å². The van der Waals surface area contributed by atoms with E-state index in [2.05, 4.69) is 20.8 Å². The first-order valence-corrected chi connectivity index (χ1v) is 17.9. The molecule has 4 N–H and O–H groups in total. The van der Waals surface area contributed by atoms with Crippen LogP contribution in [0.2, 0.25) is 0 Å². The van der Waals surface area contributed by atoms with Gasteiger partial charge in [-0.3, -0.25) is 9.59 Å². The van der Waals surface area contributed by atoms with E-state index < -0.39 is 35.1 Å². The second-order valence-corrected chi connectivity index (χ2v) is 17.9. The summed E-state index contributed by atoms with van der Waals surface area (Å²) in [4.78, 5) is 25.3. The van der Waals surface area contributed by atoms with Gasteiger partial charge in [-0.25, -0.2) is 0 Å². The fourth-order valence-corrected chi connectivity index (χ4v) is 10.5. The molecular weight excluding hydrogens is 570 g/mol. The second kappa shape index (κ2) is 13.4. The van der Waals surface area contributed by atoms with Crippen molar-refractivity contribution >= 4 is 11.9 Å². The molecule has 0 aromatic carbocycles. The molecule has 4 saturated carbocycles. The molecule has 0 heterocycles. The second-order valence-electron chi connectivity index (χ2n) is 17.9. The zero-order valence-electron chi connectivity index (χ0n) is 29.8. The molecule has 0 amide bonds. The molecule has 0 aromatic heterocycles. The van der Waals surface area contributed by atoms with E-state index >= 15 is 0 Å². The molecule has 260 valence electrons. The smallest absolute Gasteiger partial charge is 0.323 e. The Bertz CT molecular complexity index is 1050. The zero-order valence-corrected chi connectivity index (χ0v) is 29.8. The van der Waals surface area contributed by atoms with Gasteiger partial charge in [-0.15, -0.1) is 0 Å². The highest BCUT2D eigenvalue weighted by atomic mass is 16.6. The summed E-state index contributed by atoms with van der Waals surface area (Å²) in [5.41, 5.74) is 4.67. The molecule has 0 bridgehead atoms. The fraction of sp³-hybridized carbons (Fsp3) is 0.946. The van der Waals surface area contributed by atoms with E-state index in [-0.39, 0.29) is 41.2 Å². The number of hydrogen-bond acceptors (Lipinski definition) is 8. The summed E-state index contributed by atoms with van der Waals surface area (Å²) in [6.45, 7) is 18.5. The molecule has 0 aliphatic heterocycles. The van der Waals surface area contributed by atoms with Gasteiger partial charge in [0.15, 0.2) is 6.29 Å². The molecule has 4 rings (SSSR count). The maximum absolute atomic E-state index is 12.9. The number of esters is 2. The molecular formula is C37H65NO7. The first kappa shape index (κ1) is 36.6.